The molecule has 2 N–H and O–H groups in total. The molecule has 1 aliphatic rings. The van der Waals surface area contributed by atoms with Gasteiger partial charge in [0.15, 0.2) is 0 Å². The molecule has 192 valence electrons. The predicted molar refractivity (Wildman–Crippen MR) is 143 cm³/mol. The fourth-order valence-corrected chi connectivity index (χ4v) is 4.89. The third kappa shape index (κ3) is 5.32. The van der Waals surface area contributed by atoms with Crippen molar-refractivity contribution in [1.29, 1.82) is 0 Å². The van der Waals surface area contributed by atoms with Crippen LogP contribution in [0.1, 0.15) is 53.8 Å². The minimum absolute atomic E-state index is 0.325. The highest BCUT2D eigenvalue weighted by molar-refractivity contribution is 5.85. The number of allylic oxidation sites excluding steroid dienone is 1. The number of hydrogen-bond donors (Lipinski definition) is 2. The third-order valence-corrected chi connectivity index (χ3v) is 6.88. The van der Waals surface area contributed by atoms with E-state index in [4.69, 9.17) is 0 Å². The monoisotopic (exact) mass is 503 g/mol. The summed E-state index contributed by atoms with van der Waals surface area (Å²) in [7, 11) is 0. The van der Waals surface area contributed by atoms with Crippen LogP contribution in [0.4, 0.5) is 14.5 Å². The van der Waals surface area contributed by atoms with Gasteiger partial charge in [-0.05, 0) is 69.1 Å². The Balaban J connectivity index is 1.39. The number of rotatable bonds is 8. The number of piperidine rings is 1. The first-order chi connectivity index (χ1) is 17.9. The Morgan fingerprint density at radius 3 is 2.76 bits per heavy atom. The van der Waals surface area contributed by atoms with E-state index in [0.29, 0.717) is 17.1 Å². The number of hydrogen-bond acceptors (Lipinski definition) is 5. The second kappa shape index (κ2) is 10.6. The van der Waals surface area contributed by atoms with E-state index in [9.17, 15) is 8.78 Å². The summed E-state index contributed by atoms with van der Waals surface area (Å²) in [6.45, 7) is 10.2. The standard InChI is InChI=1S/C28H31F2N7/c1-4-25(20-7-10-36-27(12-20)22(15-33-36)13-28(29)30)26-11-21(14-32-19(26)3)18(2)35-23-16-34-37(17-23)24-5-8-31-9-6-24/h4,7,10-12,14-17,24,28,31,35H,2,5-6,8-9,13H2,1,3H3/b25-4-. The first-order valence-electron chi connectivity index (χ1n) is 12.5. The Bertz CT molecular complexity index is 1440. The van der Waals surface area contributed by atoms with Crippen molar-refractivity contribution >= 4 is 22.5 Å². The molecule has 0 amide bonds. The fourth-order valence-electron chi connectivity index (χ4n) is 4.89. The molecule has 0 atom stereocenters. The molecule has 0 unspecified atom stereocenters. The van der Waals surface area contributed by atoms with Crippen LogP contribution in [-0.4, -0.2) is 43.9 Å². The first kappa shape index (κ1) is 24.8. The molecular weight excluding hydrogens is 472 g/mol. The lowest BCUT2D eigenvalue weighted by molar-refractivity contribution is 0.149. The molecule has 0 spiro atoms. The second-order valence-electron chi connectivity index (χ2n) is 9.36. The zero-order chi connectivity index (χ0) is 25.9. The minimum atomic E-state index is -2.42. The van der Waals surface area contributed by atoms with Crippen LogP contribution in [0.5, 0.6) is 0 Å². The van der Waals surface area contributed by atoms with E-state index < -0.39 is 6.43 Å². The number of aromatic nitrogens is 5. The summed E-state index contributed by atoms with van der Waals surface area (Å²) < 4.78 is 29.8. The third-order valence-electron chi connectivity index (χ3n) is 6.88. The molecule has 5 rings (SSSR count). The molecule has 1 saturated heterocycles. The van der Waals surface area contributed by atoms with E-state index in [0.717, 1.165) is 65.3 Å². The van der Waals surface area contributed by atoms with Crippen molar-refractivity contribution in [2.24, 2.45) is 0 Å². The fraction of sp³-hybridized carbons (Fsp3) is 0.321. The van der Waals surface area contributed by atoms with Crippen LogP contribution in [0.3, 0.4) is 0 Å². The minimum Gasteiger partial charge on any atom is -0.353 e. The molecule has 4 aromatic rings. The lowest BCUT2D eigenvalue weighted by Gasteiger charge is -2.22. The topological polar surface area (TPSA) is 72.1 Å². The SMILES string of the molecule is C=C(Nc1cnn(C2CCNCC2)c1)c1cnc(C)c(/C(=C\C)c2ccn3ncc(CC(F)F)c3c2)c1. The van der Waals surface area contributed by atoms with Gasteiger partial charge in [-0.1, -0.05) is 12.7 Å². The van der Waals surface area contributed by atoms with Crippen LogP contribution in [-0.2, 0) is 6.42 Å². The predicted octanol–water partition coefficient (Wildman–Crippen LogP) is 5.50. The molecule has 0 aliphatic carbocycles. The lowest BCUT2D eigenvalue weighted by Crippen LogP contribution is -2.29. The number of nitrogens with one attached hydrogen (secondary N) is 2. The average molecular weight is 504 g/mol. The Kier molecular flexibility index (Phi) is 7.14. The first-order valence-corrected chi connectivity index (χ1v) is 12.5. The maximum Gasteiger partial charge on any atom is 0.242 e. The summed E-state index contributed by atoms with van der Waals surface area (Å²) in [6.07, 6.45) is 10.4. The normalized spacial score (nSPS) is 15.0. The van der Waals surface area contributed by atoms with Gasteiger partial charge in [-0.2, -0.15) is 10.2 Å². The molecule has 0 radical (unpaired) electrons. The number of halogens is 2. The van der Waals surface area contributed by atoms with Gasteiger partial charge >= 0.3 is 0 Å². The number of alkyl halides is 2. The van der Waals surface area contributed by atoms with E-state index in [1.807, 2.05) is 49.1 Å². The summed E-state index contributed by atoms with van der Waals surface area (Å²) in [6, 6.07) is 6.32. The molecule has 7 nitrogen and oxygen atoms in total. The summed E-state index contributed by atoms with van der Waals surface area (Å²) >= 11 is 0. The van der Waals surface area contributed by atoms with Crippen LogP contribution in [0.25, 0.3) is 16.8 Å². The van der Waals surface area contributed by atoms with Gasteiger partial charge in [0.25, 0.3) is 0 Å². The summed E-state index contributed by atoms with van der Waals surface area (Å²) in [5, 5.41) is 15.5. The van der Waals surface area contributed by atoms with Gasteiger partial charge in [0.05, 0.1) is 29.6 Å². The summed E-state index contributed by atoms with van der Waals surface area (Å²) in [4.78, 5) is 4.64. The lowest BCUT2D eigenvalue weighted by atomic mass is 9.95. The zero-order valence-electron chi connectivity index (χ0n) is 21.1. The number of nitrogens with zero attached hydrogens (tertiary/aromatic N) is 5. The highest BCUT2D eigenvalue weighted by Crippen LogP contribution is 2.30. The highest BCUT2D eigenvalue weighted by Gasteiger charge is 2.17. The molecule has 1 aliphatic heterocycles. The maximum absolute atomic E-state index is 13.1. The van der Waals surface area contributed by atoms with Crippen molar-refractivity contribution in [1.82, 2.24) is 29.7 Å². The van der Waals surface area contributed by atoms with Crippen LogP contribution in [0.15, 0.2) is 61.8 Å². The second-order valence-corrected chi connectivity index (χ2v) is 9.36. The summed E-state index contributed by atoms with van der Waals surface area (Å²) in [5.41, 5.74) is 7.36. The van der Waals surface area contributed by atoms with Gasteiger partial charge in [0, 0.05) is 53.1 Å². The van der Waals surface area contributed by atoms with Crippen LogP contribution in [0.2, 0.25) is 0 Å². The number of pyridine rings is 2. The number of anilines is 1. The Morgan fingerprint density at radius 1 is 1.19 bits per heavy atom. The number of aryl methyl sites for hydroxylation is 1. The van der Waals surface area contributed by atoms with Crippen LogP contribution < -0.4 is 10.6 Å². The Hall–Kier alpha value is -3.85. The van der Waals surface area contributed by atoms with Gasteiger partial charge in [0.1, 0.15) is 0 Å². The van der Waals surface area contributed by atoms with Gasteiger partial charge in [-0.25, -0.2) is 13.3 Å². The molecule has 0 aromatic carbocycles. The van der Waals surface area contributed by atoms with Crippen molar-refractivity contribution in [2.45, 2.75) is 45.6 Å². The summed E-state index contributed by atoms with van der Waals surface area (Å²) in [5.74, 6) is 0. The van der Waals surface area contributed by atoms with E-state index in [2.05, 4.69) is 38.5 Å². The van der Waals surface area contributed by atoms with Crippen molar-refractivity contribution < 1.29 is 8.78 Å². The Morgan fingerprint density at radius 2 is 2.00 bits per heavy atom. The van der Waals surface area contributed by atoms with Crippen molar-refractivity contribution in [3.63, 3.8) is 0 Å². The molecule has 9 heteroatoms. The smallest absolute Gasteiger partial charge is 0.242 e. The number of fused-ring (bicyclic) bond motifs is 1. The average Bonchev–Trinajstić information content (AvgIpc) is 3.53. The van der Waals surface area contributed by atoms with Crippen molar-refractivity contribution in [2.75, 3.05) is 18.4 Å². The zero-order valence-corrected chi connectivity index (χ0v) is 21.1. The molecule has 4 aromatic heterocycles. The van der Waals surface area contributed by atoms with E-state index in [1.54, 1.807) is 16.9 Å². The maximum atomic E-state index is 13.1. The van der Waals surface area contributed by atoms with Crippen LogP contribution in [0, 0.1) is 6.92 Å². The van der Waals surface area contributed by atoms with Gasteiger partial charge in [0.2, 0.25) is 6.43 Å². The Labute approximate surface area is 214 Å². The van der Waals surface area contributed by atoms with Crippen molar-refractivity contribution in [3.05, 3.63) is 89.8 Å². The van der Waals surface area contributed by atoms with E-state index in [-0.39, 0.29) is 6.42 Å². The van der Waals surface area contributed by atoms with Gasteiger partial charge < -0.3 is 10.6 Å². The van der Waals surface area contributed by atoms with Gasteiger partial charge in [-0.3, -0.25) is 9.67 Å². The molecule has 5 heterocycles. The van der Waals surface area contributed by atoms with Crippen molar-refractivity contribution in [3.8, 4) is 0 Å². The molecular formula is C28H31F2N7. The molecule has 1 fully saturated rings. The highest BCUT2D eigenvalue weighted by atomic mass is 19.3. The van der Waals surface area contributed by atoms with Crippen LogP contribution >= 0.6 is 0 Å². The van der Waals surface area contributed by atoms with E-state index >= 15 is 0 Å². The van der Waals surface area contributed by atoms with E-state index in [1.165, 1.54) is 6.20 Å². The van der Waals surface area contributed by atoms with Gasteiger partial charge in [-0.15, -0.1) is 0 Å². The largest absolute Gasteiger partial charge is 0.353 e. The molecule has 0 saturated carbocycles. The quantitative estimate of drug-likeness (QED) is 0.332. The molecule has 0 bridgehead atoms. The molecule has 37 heavy (non-hydrogen) atoms.